The van der Waals surface area contributed by atoms with Crippen LogP contribution in [0.25, 0.3) is 0 Å². The van der Waals surface area contributed by atoms with E-state index >= 15 is 0 Å². The van der Waals surface area contributed by atoms with Gasteiger partial charge in [0.25, 0.3) is 0 Å². The average Bonchev–Trinajstić information content (AvgIpc) is 2.43. The van der Waals surface area contributed by atoms with Crippen LogP contribution in [0, 0.1) is 0 Å². The molecule has 6 nitrogen and oxygen atoms in total. The maximum atomic E-state index is 10.6. The van der Waals surface area contributed by atoms with E-state index in [9.17, 15) is 9.59 Å². The monoisotopic (exact) mass is 307 g/mol. The van der Waals surface area contributed by atoms with E-state index in [2.05, 4.69) is 0 Å². The van der Waals surface area contributed by atoms with E-state index in [1.54, 1.807) is 13.2 Å². The van der Waals surface area contributed by atoms with Crippen LogP contribution >= 0.6 is 11.8 Å². The Morgan fingerprint density at radius 2 is 1.30 bits per heavy atom. The van der Waals surface area contributed by atoms with Crippen LogP contribution in [0.4, 0.5) is 0 Å². The average molecular weight is 307 g/mol. The summed E-state index contributed by atoms with van der Waals surface area (Å²) in [5.41, 5.74) is 0. The van der Waals surface area contributed by atoms with Gasteiger partial charge < -0.3 is 18.9 Å². The van der Waals surface area contributed by atoms with Gasteiger partial charge >= 0.3 is 0 Å². The summed E-state index contributed by atoms with van der Waals surface area (Å²) in [6, 6.07) is 0. The molecule has 0 saturated heterocycles. The van der Waals surface area contributed by atoms with Gasteiger partial charge in [-0.3, -0.25) is 9.59 Å². The van der Waals surface area contributed by atoms with Gasteiger partial charge in [-0.05, 0) is 0 Å². The van der Waals surface area contributed by atoms with E-state index in [1.165, 1.54) is 11.8 Å². The van der Waals surface area contributed by atoms with Crippen molar-refractivity contribution in [2.75, 3.05) is 58.6 Å². The van der Waals surface area contributed by atoms with Crippen LogP contribution in [0.3, 0.4) is 0 Å². The molecule has 20 heavy (non-hydrogen) atoms. The molecule has 0 atom stereocenters. The minimum Gasteiger partial charge on any atom is -0.379 e. The van der Waals surface area contributed by atoms with Crippen molar-refractivity contribution in [3.8, 4) is 0 Å². The van der Waals surface area contributed by atoms with Gasteiger partial charge in [-0.25, -0.2) is 0 Å². The Morgan fingerprint density at radius 3 is 1.75 bits per heavy atom. The summed E-state index contributed by atoms with van der Waals surface area (Å²) in [5.74, 6) is 0.681. The molecule has 0 fully saturated rings. The van der Waals surface area contributed by atoms with Crippen LogP contribution in [0.15, 0.2) is 0 Å². The zero-order valence-electron chi connectivity index (χ0n) is 11.9. The Morgan fingerprint density at radius 1 is 0.850 bits per heavy atom. The third kappa shape index (κ3) is 17.5. The molecule has 7 heteroatoms. The first-order valence-corrected chi connectivity index (χ1v) is 7.55. The maximum Gasteiger partial charge on any atom is 0.200 e. The minimum absolute atomic E-state index is 0.107. The number of hydrogen-bond donors (Lipinski definition) is 0. The zero-order chi connectivity index (χ0) is 14.9. The SMILES string of the molecule is CC(=O)SCCOCCOCCOCCOCC[C]=O. The van der Waals surface area contributed by atoms with E-state index < -0.39 is 0 Å². The fourth-order valence-electron chi connectivity index (χ4n) is 1.12. The summed E-state index contributed by atoms with van der Waals surface area (Å²) in [6.07, 6.45) is 2.05. The molecule has 0 saturated carbocycles. The van der Waals surface area contributed by atoms with Crippen molar-refractivity contribution in [1.82, 2.24) is 0 Å². The summed E-state index contributed by atoms with van der Waals surface area (Å²) in [4.78, 5) is 20.5. The predicted molar refractivity (Wildman–Crippen MR) is 76.7 cm³/mol. The van der Waals surface area contributed by atoms with Crippen molar-refractivity contribution in [3.05, 3.63) is 0 Å². The molecule has 0 rings (SSSR count). The summed E-state index contributed by atoms with van der Waals surface area (Å²) in [7, 11) is 0. The number of thioether (sulfide) groups is 1. The Kier molecular flexibility index (Phi) is 16.2. The molecule has 0 aliphatic rings. The van der Waals surface area contributed by atoms with Crippen LogP contribution in [0.2, 0.25) is 0 Å². The molecule has 0 unspecified atom stereocenters. The maximum absolute atomic E-state index is 10.6. The lowest BCUT2D eigenvalue weighted by Gasteiger charge is -2.06. The first-order valence-electron chi connectivity index (χ1n) is 6.56. The molecule has 1 radical (unpaired) electrons. The van der Waals surface area contributed by atoms with E-state index in [0.717, 1.165) is 0 Å². The quantitative estimate of drug-likeness (QED) is 0.415. The molecular weight excluding hydrogens is 284 g/mol. The molecule has 0 aromatic heterocycles. The van der Waals surface area contributed by atoms with Crippen molar-refractivity contribution in [2.24, 2.45) is 0 Å². The highest BCUT2D eigenvalue weighted by atomic mass is 32.2. The Labute approximate surface area is 124 Å². The van der Waals surface area contributed by atoms with Crippen LogP contribution in [-0.4, -0.2) is 70.0 Å². The third-order valence-corrected chi connectivity index (χ3v) is 2.77. The molecule has 0 spiro atoms. The summed E-state index contributed by atoms with van der Waals surface area (Å²) >= 11 is 1.26. The lowest BCUT2D eigenvalue weighted by molar-refractivity contribution is -0.109. The second-order valence-electron chi connectivity index (χ2n) is 3.68. The number of rotatable bonds is 15. The lowest BCUT2D eigenvalue weighted by atomic mass is 10.5. The topological polar surface area (TPSA) is 71.1 Å². The Hall–Kier alpha value is -0.470. The summed E-state index contributed by atoms with van der Waals surface area (Å²) in [6.45, 7) is 5.49. The normalized spacial score (nSPS) is 10.7. The number of carbonyl (C=O) groups excluding carboxylic acids is 2. The number of ether oxygens (including phenoxy) is 4. The van der Waals surface area contributed by atoms with E-state index in [1.807, 2.05) is 0 Å². The van der Waals surface area contributed by atoms with Crippen LogP contribution in [-0.2, 0) is 28.5 Å². The fourth-order valence-corrected chi connectivity index (χ4v) is 1.61. The van der Waals surface area contributed by atoms with Crippen molar-refractivity contribution in [1.29, 1.82) is 0 Å². The lowest BCUT2D eigenvalue weighted by Crippen LogP contribution is -2.12. The highest BCUT2D eigenvalue weighted by molar-refractivity contribution is 8.13. The first-order chi connectivity index (χ1) is 9.77. The molecule has 0 bridgehead atoms. The van der Waals surface area contributed by atoms with Crippen LogP contribution < -0.4 is 0 Å². The summed E-state index contributed by atoms with van der Waals surface area (Å²) in [5, 5.41) is 0.107. The third-order valence-electron chi connectivity index (χ3n) is 2.00. The molecular formula is C13H23O6S. The second-order valence-corrected chi connectivity index (χ2v) is 4.96. The summed E-state index contributed by atoms with van der Waals surface area (Å²) < 4.78 is 20.9. The van der Waals surface area contributed by atoms with Gasteiger partial charge in [0.15, 0.2) is 5.12 Å². The van der Waals surface area contributed by atoms with Crippen LogP contribution in [0.1, 0.15) is 13.3 Å². The highest BCUT2D eigenvalue weighted by Gasteiger charge is 1.95. The Bertz CT molecular complexity index is 237. The number of carbonyl (C=O) groups is 1. The standard InChI is InChI=1S/C13H23O6S/c1-13(15)20-12-11-19-10-9-18-8-7-17-6-5-16-4-2-3-14/h2,4-12H2,1H3. The molecule has 0 aromatic carbocycles. The Balaban J connectivity index is 2.95. The van der Waals surface area contributed by atoms with Gasteiger partial charge in [0.1, 0.15) is 0 Å². The number of hydrogen-bond acceptors (Lipinski definition) is 7. The highest BCUT2D eigenvalue weighted by Crippen LogP contribution is 1.99. The molecule has 117 valence electrons. The smallest absolute Gasteiger partial charge is 0.200 e. The van der Waals surface area contributed by atoms with Gasteiger partial charge in [-0.15, -0.1) is 0 Å². The predicted octanol–water partition coefficient (Wildman–Crippen LogP) is 0.832. The molecule has 0 N–H and O–H groups in total. The largest absolute Gasteiger partial charge is 0.379 e. The zero-order valence-corrected chi connectivity index (χ0v) is 12.7. The van der Waals surface area contributed by atoms with Gasteiger partial charge in [0.2, 0.25) is 6.29 Å². The van der Waals surface area contributed by atoms with E-state index in [4.69, 9.17) is 18.9 Å². The fraction of sp³-hybridized carbons (Fsp3) is 0.846. The molecule has 0 aromatic rings. The van der Waals surface area contributed by atoms with Crippen molar-refractivity contribution < 1.29 is 28.5 Å². The molecule has 0 heterocycles. The van der Waals surface area contributed by atoms with Crippen LogP contribution in [0.5, 0.6) is 0 Å². The molecule has 0 aliphatic carbocycles. The molecule has 0 aliphatic heterocycles. The van der Waals surface area contributed by atoms with Crippen molar-refractivity contribution in [3.63, 3.8) is 0 Å². The first kappa shape index (κ1) is 19.5. The van der Waals surface area contributed by atoms with Crippen molar-refractivity contribution >= 4 is 23.2 Å². The van der Waals surface area contributed by atoms with E-state index in [-0.39, 0.29) is 5.12 Å². The van der Waals surface area contributed by atoms with Gasteiger partial charge in [-0.1, -0.05) is 11.8 Å². The van der Waals surface area contributed by atoms with E-state index in [0.29, 0.717) is 65.0 Å². The molecule has 0 amide bonds. The minimum atomic E-state index is 0.107. The van der Waals surface area contributed by atoms with Gasteiger partial charge in [-0.2, -0.15) is 0 Å². The van der Waals surface area contributed by atoms with Gasteiger partial charge in [0.05, 0.1) is 52.9 Å². The second kappa shape index (κ2) is 16.6. The van der Waals surface area contributed by atoms with Crippen molar-refractivity contribution in [2.45, 2.75) is 13.3 Å². The van der Waals surface area contributed by atoms with Gasteiger partial charge in [0, 0.05) is 19.1 Å².